The largest absolute Gasteiger partial charge is 0.489 e. The number of carbonyl (C=O) groups is 2. The second kappa shape index (κ2) is 10.3. The molecule has 0 aliphatic heterocycles. The van der Waals surface area contributed by atoms with Crippen LogP contribution in [0, 0.1) is 13.8 Å². The molecule has 0 unspecified atom stereocenters. The van der Waals surface area contributed by atoms with Crippen molar-refractivity contribution in [1.29, 1.82) is 0 Å². The fraction of sp³-hybridized carbons (Fsp3) is 0.231. The Balaban J connectivity index is 1.42. The smallest absolute Gasteiger partial charge is 0.271 e. The van der Waals surface area contributed by atoms with Crippen LogP contribution in [0.4, 0.5) is 5.69 Å². The zero-order valence-electron chi connectivity index (χ0n) is 20.2. The summed E-state index contributed by atoms with van der Waals surface area (Å²) in [6.07, 6.45) is 4.97. The maximum atomic E-state index is 13.0. The van der Waals surface area contributed by atoms with Gasteiger partial charge in [0.25, 0.3) is 11.8 Å². The van der Waals surface area contributed by atoms with Crippen molar-refractivity contribution in [2.24, 2.45) is 14.1 Å². The number of aromatic nitrogens is 4. The lowest BCUT2D eigenvalue weighted by molar-refractivity contribution is 0.0942. The molecular weight excluding hydrogens is 444 g/mol. The van der Waals surface area contributed by atoms with E-state index >= 15 is 0 Å². The molecule has 0 bridgehead atoms. The summed E-state index contributed by atoms with van der Waals surface area (Å²) in [5, 5.41) is 13.9. The van der Waals surface area contributed by atoms with Crippen LogP contribution >= 0.6 is 0 Å². The number of hydrogen-bond donors (Lipinski definition) is 2. The van der Waals surface area contributed by atoms with Gasteiger partial charge >= 0.3 is 0 Å². The van der Waals surface area contributed by atoms with Gasteiger partial charge in [0, 0.05) is 38.0 Å². The molecule has 9 nitrogen and oxygen atoms in total. The Bertz CT molecular complexity index is 1370. The van der Waals surface area contributed by atoms with E-state index in [4.69, 9.17) is 4.74 Å². The fourth-order valence-corrected chi connectivity index (χ4v) is 3.65. The normalized spacial score (nSPS) is 10.7. The number of amides is 2. The molecule has 2 aromatic carbocycles. The van der Waals surface area contributed by atoms with E-state index in [0.29, 0.717) is 24.4 Å². The minimum absolute atomic E-state index is 0.261. The third-order valence-electron chi connectivity index (χ3n) is 5.54. The summed E-state index contributed by atoms with van der Waals surface area (Å²) in [5.41, 5.74) is 4.95. The van der Waals surface area contributed by atoms with E-state index in [1.54, 1.807) is 30.1 Å². The quantitative estimate of drug-likeness (QED) is 0.408. The van der Waals surface area contributed by atoms with E-state index in [2.05, 4.69) is 20.8 Å². The average Bonchev–Trinajstić information content (AvgIpc) is 3.43. The van der Waals surface area contributed by atoms with Crippen LogP contribution in [0.25, 0.3) is 0 Å². The molecule has 180 valence electrons. The van der Waals surface area contributed by atoms with Crippen molar-refractivity contribution in [2.75, 3.05) is 5.32 Å². The van der Waals surface area contributed by atoms with Gasteiger partial charge in [-0.2, -0.15) is 10.2 Å². The highest BCUT2D eigenvalue weighted by molar-refractivity contribution is 6.08. The summed E-state index contributed by atoms with van der Waals surface area (Å²) >= 11 is 0. The SMILES string of the molecule is Cc1ccc(C)c(OCc2cccc(C(=O)Nc3cnn(C)c3C(=O)NCc3cnn(C)c3)c2)c1. The highest BCUT2D eigenvalue weighted by atomic mass is 16.5. The first-order chi connectivity index (χ1) is 16.8. The summed E-state index contributed by atoms with van der Waals surface area (Å²) in [4.78, 5) is 25.8. The number of hydrogen-bond acceptors (Lipinski definition) is 5. The van der Waals surface area contributed by atoms with E-state index in [1.807, 2.05) is 57.4 Å². The van der Waals surface area contributed by atoms with Gasteiger partial charge < -0.3 is 15.4 Å². The molecule has 2 N–H and O–H groups in total. The number of benzene rings is 2. The highest BCUT2D eigenvalue weighted by Gasteiger charge is 2.19. The lowest BCUT2D eigenvalue weighted by Crippen LogP contribution is -2.26. The molecule has 4 rings (SSSR count). The topological polar surface area (TPSA) is 103 Å². The van der Waals surface area contributed by atoms with Gasteiger partial charge in [-0.15, -0.1) is 0 Å². The average molecular weight is 473 g/mol. The Morgan fingerprint density at radius 1 is 0.971 bits per heavy atom. The first-order valence-corrected chi connectivity index (χ1v) is 11.2. The molecule has 2 amide bonds. The van der Waals surface area contributed by atoms with Crippen molar-refractivity contribution in [3.63, 3.8) is 0 Å². The monoisotopic (exact) mass is 472 g/mol. The van der Waals surface area contributed by atoms with Crippen molar-refractivity contribution in [3.05, 3.63) is 94.6 Å². The van der Waals surface area contributed by atoms with Crippen LogP contribution in [0.5, 0.6) is 5.75 Å². The number of aryl methyl sites for hydroxylation is 4. The molecule has 0 radical (unpaired) electrons. The van der Waals surface area contributed by atoms with E-state index in [-0.39, 0.29) is 17.5 Å². The zero-order chi connectivity index (χ0) is 24.9. The molecule has 0 saturated heterocycles. The number of carbonyl (C=O) groups excluding carboxylic acids is 2. The van der Waals surface area contributed by atoms with E-state index in [1.165, 1.54) is 10.9 Å². The number of ether oxygens (including phenoxy) is 1. The van der Waals surface area contributed by atoms with Gasteiger partial charge in [0.2, 0.25) is 0 Å². The molecule has 35 heavy (non-hydrogen) atoms. The lowest BCUT2D eigenvalue weighted by atomic mass is 10.1. The Labute approximate surface area is 203 Å². The molecule has 2 heterocycles. The van der Waals surface area contributed by atoms with Crippen LogP contribution in [-0.4, -0.2) is 31.4 Å². The number of anilines is 1. The van der Waals surface area contributed by atoms with Crippen LogP contribution in [0.2, 0.25) is 0 Å². The van der Waals surface area contributed by atoms with E-state index < -0.39 is 0 Å². The van der Waals surface area contributed by atoms with Gasteiger partial charge in [0.05, 0.1) is 18.1 Å². The van der Waals surface area contributed by atoms with Crippen molar-refractivity contribution >= 4 is 17.5 Å². The third-order valence-corrected chi connectivity index (χ3v) is 5.54. The van der Waals surface area contributed by atoms with Gasteiger partial charge in [-0.3, -0.25) is 19.0 Å². The second-order valence-electron chi connectivity index (χ2n) is 8.45. The molecule has 0 saturated carbocycles. The molecule has 4 aromatic rings. The van der Waals surface area contributed by atoms with Crippen molar-refractivity contribution < 1.29 is 14.3 Å². The number of nitrogens with zero attached hydrogens (tertiary/aromatic N) is 4. The van der Waals surface area contributed by atoms with Crippen molar-refractivity contribution in [2.45, 2.75) is 27.0 Å². The Morgan fingerprint density at radius 2 is 1.80 bits per heavy atom. The van der Waals surface area contributed by atoms with Gasteiger partial charge in [0.15, 0.2) is 0 Å². The zero-order valence-corrected chi connectivity index (χ0v) is 20.2. The number of rotatable bonds is 8. The molecular formula is C26H28N6O3. The van der Waals surface area contributed by atoms with Crippen molar-refractivity contribution in [1.82, 2.24) is 24.9 Å². The fourth-order valence-electron chi connectivity index (χ4n) is 3.65. The van der Waals surface area contributed by atoms with Crippen molar-refractivity contribution in [3.8, 4) is 5.75 Å². The summed E-state index contributed by atoms with van der Waals surface area (Å²) in [6, 6.07) is 13.3. The van der Waals surface area contributed by atoms with E-state index in [0.717, 1.165) is 28.0 Å². The molecule has 0 aliphatic rings. The predicted molar refractivity (Wildman–Crippen MR) is 132 cm³/mol. The third kappa shape index (κ3) is 5.75. The summed E-state index contributed by atoms with van der Waals surface area (Å²) < 4.78 is 9.07. The molecule has 0 fully saturated rings. The molecule has 2 aromatic heterocycles. The van der Waals surface area contributed by atoms with Crippen LogP contribution in [0.15, 0.2) is 61.1 Å². The highest BCUT2D eigenvalue weighted by Crippen LogP contribution is 2.21. The molecule has 0 spiro atoms. The second-order valence-corrected chi connectivity index (χ2v) is 8.45. The molecule has 0 atom stereocenters. The van der Waals surface area contributed by atoms with Crippen LogP contribution < -0.4 is 15.4 Å². The molecule has 9 heteroatoms. The maximum Gasteiger partial charge on any atom is 0.271 e. The van der Waals surface area contributed by atoms with Gasteiger partial charge in [-0.05, 0) is 48.7 Å². The minimum atomic E-state index is -0.347. The lowest BCUT2D eigenvalue weighted by Gasteiger charge is -2.11. The predicted octanol–water partition coefficient (Wildman–Crippen LogP) is 3.53. The van der Waals surface area contributed by atoms with Crippen LogP contribution in [-0.2, 0) is 27.2 Å². The Kier molecular flexibility index (Phi) is 6.96. The van der Waals surface area contributed by atoms with Gasteiger partial charge in [-0.25, -0.2) is 0 Å². The Morgan fingerprint density at radius 3 is 2.57 bits per heavy atom. The first-order valence-electron chi connectivity index (χ1n) is 11.2. The van der Waals surface area contributed by atoms with E-state index in [9.17, 15) is 9.59 Å². The maximum absolute atomic E-state index is 13.0. The standard InChI is InChI=1S/C26H28N6O3/c1-17-8-9-18(2)23(10-17)35-16-19-6-5-7-21(11-19)25(33)30-22-14-29-32(4)24(22)26(34)27-12-20-13-28-31(3)15-20/h5-11,13-15H,12,16H2,1-4H3,(H,27,34)(H,30,33). The first kappa shape index (κ1) is 23.7. The van der Waals surface area contributed by atoms with Gasteiger partial charge in [-0.1, -0.05) is 24.3 Å². The Hall–Kier alpha value is -4.40. The summed E-state index contributed by atoms with van der Waals surface area (Å²) in [5.74, 6) is 0.130. The van der Waals surface area contributed by atoms with Crippen LogP contribution in [0.3, 0.4) is 0 Å². The molecule has 0 aliphatic carbocycles. The summed E-state index contributed by atoms with van der Waals surface area (Å²) in [6.45, 7) is 4.66. The van der Waals surface area contributed by atoms with Gasteiger partial charge in [0.1, 0.15) is 18.1 Å². The van der Waals surface area contributed by atoms with Crippen LogP contribution in [0.1, 0.15) is 43.1 Å². The minimum Gasteiger partial charge on any atom is -0.489 e. The summed E-state index contributed by atoms with van der Waals surface area (Å²) in [7, 11) is 3.46. The number of nitrogens with one attached hydrogen (secondary N) is 2.